The van der Waals surface area contributed by atoms with Gasteiger partial charge in [-0.05, 0) is 59.7 Å². The maximum atomic E-state index is 12.4. The average Bonchev–Trinajstić information content (AvgIpc) is 2.65. The maximum Gasteiger partial charge on any atom is 0.241 e. The van der Waals surface area contributed by atoms with Gasteiger partial charge in [0.05, 0.1) is 11.7 Å². The zero-order valence-electron chi connectivity index (χ0n) is 16.4. The van der Waals surface area contributed by atoms with E-state index in [1.807, 2.05) is 19.9 Å². The number of anilines is 1. The molecule has 0 heterocycles. The van der Waals surface area contributed by atoms with Crippen LogP contribution in [0.15, 0.2) is 55.6 Å². The summed E-state index contributed by atoms with van der Waals surface area (Å²) in [6.07, 6.45) is 4.52. The summed E-state index contributed by atoms with van der Waals surface area (Å²) in [5, 5.41) is 23.6. The quantitative estimate of drug-likeness (QED) is 0.409. The molecule has 0 aliphatic rings. The number of aromatic hydroxyl groups is 2. The van der Waals surface area contributed by atoms with Crippen LogP contribution in [-0.2, 0) is 17.6 Å². The lowest BCUT2D eigenvalue weighted by atomic mass is 9.96. The highest BCUT2D eigenvalue weighted by Gasteiger charge is 2.20. The smallest absolute Gasteiger partial charge is 0.241 e. The van der Waals surface area contributed by atoms with Gasteiger partial charge in [0.1, 0.15) is 11.5 Å². The number of hydrogen-bond acceptors (Lipinski definition) is 4. The predicted molar refractivity (Wildman–Crippen MR) is 114 cm³/mol. The molecule has 2 aromatic rings. The van der Waals surface area contributed by atoms with Gasteiger partial charge >= 0.3 is 0 Å². The van der Waals surface area contributed by atoms with Gasteiger partial charge in [0.2, 0.25) is 5.91 Å². The van der Waals surface area contributed by atoms with Crippen molar-refractivity contribution in [2.75, 3.05) is 5.32 Å². The van der Waals surface area contributed by atoms with Crippen LogP contribution in [0, 0.1) is 5.92 Å². The first-order valence-electron chi connectivity index (χ1n) is 9.24. The lowest BCUT2D eigenvalue weighted by molar-refractivity contribution is -0.118. The number of hydrogen-bond donors (Lipinski definition) is 4. The molecule has 0 saturated carbocycles. The average molecular weight is 380 g/mol. The zero-order chi connectivity index (χ0) is 20.8. The van der Waals surface area contributed by atoms with Gasteiger partial charge in [-0.2, -0.15) is 0 Å². The number of amides is 1. The van der Waals surface area contributed by atoms with Crippen LogP contribution in [0.1, 0.15) is 25.0 Å². The molecular formula is C23H28N2O3. The normalized spacial score (nSPS) is 11.9. The fourth-order valence-corrected chi connectivity index (χ4v) is 2.88. The van der Waals surface area contributed by atoms with Crippen LogP contribution < -0.4 is 11.1 Å². The fraction of sp³-hybridized carbons (Fsp3) is 0.261. The van der Waals surface area contributed by atoms with Gasteiger partial charge in [0.15, 0.2) is 0 Å². The number of carbonyl (C=O) groups is 1. The number of rotatable bonds is 8. The Balaban J connectivity index is 2.54. The second-order valence-electron chi connectivity index (χ2n) is 7.13. The summed E-state index contributed by atoms with van der Waals surface area (Å²) in [4.78, 5) is 12.4. The Morgan fingerprint density at radius 3 is 2.43 bits per heavy atom. The number of nitrogens with two attached hydrogens (primary N) is 1. The molecule has 5 N–H and O–H groups in total. The highest BCUT2D eigenvalue weighted by molar-refractivity contribution is 5.97. The van der Waals surface area contributed by atoms with Gasteiger partial charge in [0.25, 0.3) is 0 Å². The third kappa shape index (κ3) is 4.81. The van der Waals surface area contributed by atoms with E-state index in [9.17, 15) is 15.0 Å². The Bertz CT molecular complexity index is 888. The van der Waals surface area contributed by atoms with Crippen molar-refractivity contribution in [3.63, 3.8) is 0 Å². The molecule has 0 radical (unpaired) electrons. The lowest BCUT2D eigenvalue weighted by Crippen LogP contribution is -2.39. The van der Waals surface area contributed by atoms with Crippen LogP contribution in [0.5, 0.6) is 11.5 Å². The first-order valence-corrected chi connectivity index (χ1v) is 9.24. The molecule has 2 aromatic carbocycles. The first-order chi connectivity index (χ1) is 13.3. The van der Waals surface area contributed by atoms with Crippen molar-refractivity contribution >= 4 is 11.6 Å². The van der Waals surface area contributed by atoms with E-state index < -0.39 is 6.04 Å². The minimum Gasteiger partial charge on any atom is -0.508 e. The number of allylic oxidation sites excluding steroid dienone is 2. The Morgan fingerprint density at radius 2 is 1.82 bits per heavy atom. The zero-order valence-corrected chi connectivity index (χ0v) is 16.4. The van der Waals surface area contributed by atoms with Gasteiger partial charge in [-0.3, -0.25) is 4.79 Å². The molecule has 0 bridgehead atoms. The summed E-state index contributed by atoms with van der Waals surface area (Å²) in [6, 6.07) is 7.99. The molecule has 0 saturated heterocycles. The van der Waals surface area contributed by atoms with E-state index in [4.69, 9.17) is 5.73 Å². The van der Waals surface area contributed by atoms with Crippen LogP contribution in [0.25, 0.3) is 11.1 Å². The van der Waals surface area contributed by atoms with Crippen molar-refractivity contribution < 1.29 is 15.0 Å². The summed E-state index contributed by atoms with van der Waals surface area (Å²) in [6.45, 7) is 11.2. The number of nitrogens with one attached hydrogen (secondary N) is 1. The molecule has 5 nitrogen and oxygen atoms in total. The summed E-state index contributed by atoms with van der Waals surface area (Å²) >= 11 is 0. The largest absolute Gasteiger partial charge is 0.508 e. The molecule has 5 heteroatoms. The molecule has 0 fully saturated rings. The Kier molecular flexibility index (Phi) is 7.01. The van der Waals surface area contributed by atoms with Gasteiger partial charge in [-0.15, -0.1) is 13.2 Å². The van der Waals surface area contributed by atoms with Crippen LogP contribution in [0.4, 0.5) is 5.69 Å². The van der Waals surface area contributed by atoms with E-state index in [0.717, 1.165) is 11.1 Å². The molecule has 28 heavy (non-hydrogen) atoms. The topological polar surface area (TPSA) is 95.6 Å². The van der Waals surface area contributed by atoms with Gasteiger partial charge in [0, 0.05) is 5.56 Å². The minimum atomic E-state index is -0.682. The van der Waals surface area contributed by atoms with Gasteiger partial charge in [-0.1, -0.05) is 32.1 Å². The third-order valence-electron chi connectivity index (χ3n) is 4.58. The number of phenolic OH excluding ortho intramolecular Hbond substituents is 2. The highest BCUT2D eigenvalue weighted by Crippen LogP contribution is 2.39. The molecule has 1 amide bonds. The fourth-order valence-electron chi connectivity index (χ4n) is 2.88. The van der Waals surface area contributed by atoms with Crippen LogP contribution >= 0.6 is 0 Å². The van der Waals surface area contributed by atoms with E-state index in [2.05, 4.69) is 18.5 Å². The van der Waals surface area contributed by atoms with E-state index in [0.29, 0.717) is 29.7 Å². The lowest BCUT2D eigenvalue weighted by Gasteiger charge is -2.18. The highest BCUT2D eigenvalue weighted by atomic mass is 16.3. The van der Waals surface area contributed by atoms with Gasteiger partial charge in [-0.25, -0.2) is 0 Å². The Labute approximate surface area is 166 Å². The molecule has 0 aliphatic carbocycles. The van der Waals surface area contributed by atoms with Crippen molar-refractivity contribution in [1.29, 1.82) is 0 Å². The minimum absolute atomic E-state index is 0.0310. The van der Waals surface area contributed by atoms with Crippen molar-refractivity contribution in [2.24, 2.45) is 11.7 Å². The Morgan fingerprint density at radius 1 is 1.14 bits per heavy atom. The van der Waals surface area contributed by atoms with E-state index in [1.54, 1.807) is 36.4 Å². The molecule has 1 unspecified atom stereocenters. The molecule has 1 atom stereocenters. The summed E-state index contributed by atoms with van der Waals surface area (Å²) < 4.78 is 0. The summed E-state index contributed by atoms with van der Waals surface area (Å²) in [5.74, 6) is -0.268. The molecule has 0 aliphatic heterocycles. The molecule has 0 spiro atoms. The standard InChI is InChI=1S/C23H28N2O3/c1-5-7-15-11-18(16-9-10-20(26)17(13-16)8-6-2)22(27)19(12-15)25-23(28)21(24)14(3)4/h5-6,9-14,21,26-27H,1-2,7-8,24H2,3-4H3,(H,25,28). The van der Waals surface area contributed by atoms with E-state index >= 15 is 0 Å². The molecular weight excluding hydrogens is 352 g/mol. The number of carbonyl (C=O) groups excluding carboxylic acids is 1. The predicted octanol–water partition coefficient (Wildman–Crippen LogP) is 4.14. The van der Waals surface area contributed by atoms with Crippen LogP contribution in [0.2, 0.25) is 0 Å². The Hall–Kier alpha value is -3.05. The summed E-state index contributed by atoms with van der Waals surface area (Å²) in [5.41, 5.74) is 9.09. The van der Waals surface area contributed by atoms with E-state index in [-0.39, 0.29) is 23.3 Å². The monoisotopic (exact) mass is 380 g/mol. The second kappa shape index (κ2) is 9.24. The molecule has 0 aromatic heterocycles. The van der Waals surface area contributed by atoms with Gasteiger partial charge < -0.3 is 21.3 Å². The van der Waals surface area contributed by atoms with E-state index in [1.165, 1.54) is 0 Å². The first kappa shape index (κ1) is 21.3. The van der Waals surface area contributed by atoms with Crippen molar-refractivity contribution in [3.05, 3.63) is 66.8 Å². The van der Waals surface area contributed by atoms with Crippen molar-refractivity contribution in [2.45, 2.75) is 32.7 Å². The maximum absolute atomic E-state index is 12.4. The number of phenols is 2. The van der Waals surface area contributed by atoms with Crippen LogP contribution in [-0.4, -0.2) is 22.2 Å². The number of benzene rings is 2. The third-order valence-corrected chi connectivity index (χ3v) is 4.58. The second-order valence-corrected chi connectivity index (χ2v) is 7.13. The SMILES string of the molecule is C=CCc1cc(NC(=O)C(N)C(C)C)c(O)c(-c2ccc(O)c(CC=C)c2)c1. The summed E-state index contributed by atoms with van der Waals surface area (Å²) in [7, 11) is 0. The van der Waals surface area contributed by atoms with Crippen molar-refractivity contribution in [3.8, 4) is 22.6 Å². The van der Waals surface area contributed by atoms with Crippen molar-refractivity contribution in [1.82, 2.24) is 0 Å². The molecule has 148 valence electrons. The van der Waals surface area contributed by atoms with Crippen LogP contribution in [0.3, 0.4) is 0 Å². The molecule has 2 rings (SSSR count).